The van der Waals surface area contributed by atoms with E-state index in [0.717, 1.165) is 36.2 Å². The fourth-order valence-corrected chi connectivity index (χ4v) is 2.47. The third kappa shape index (κ3) is 2.95. The van der Waals surface area contributed by atoms with Crippen molar-refractivity contribution in [3.05, 3.63) is 29.8 Å². The number of aromatic nitrogens is 2. The van der Waals surface area contributed by atoms with E-state index < -0.39 is 0 Å². The molecule has 0 bridgehead atoms. The number of halogens is 1. The van der Waals surface area contributed by atoms with Crippen molar-refractivity contribution in [1.29, 1.82) is 0 Å². The van der Waals surface area contributed by atoms with Crippen molar-refractivity contribution in [2.24, 2.45) is 11.7 Å². The van der Waals surface area contributed by atoms with Crippen LogP contribution in [0.2, 0.25) is 0 Å². The molecule has 0 aliphatic heterocycles. The van der Waals surface area contributed by atoms with Crippen LogP contribution in [0.1, 0.15) is 45.5 Å². The van der Waals surface area contributed by atoms with Crippen molar-refractivity contribution >= 4 is 11.0 Å². The van der Waals surface area contributed by atoms with Gasteiger partial charge in [-0.05, 0) is 37.0 Å². The van der Waals surface area contributed by atoms with Crippen LogP contribution in [0.15, 0.2) is 18.2 Å². The summed E-state index contributed by atoms with van der Waals surface area (Å²) in [6, 6.07) is 4.62. The highest BCUT2D eigenvalue weighted by Crippen LogP contribution is 2.24. The van der Waals surface area contributed by atoms with Crippen molar-refractivity contribution < 1.29 is 4.39 Å². The van der Waals surface area contributed by atoms with Crippen molar-refractivity contribution in [1.82, 2.24) is 9.55 Å². The molecule has 3 nitrogen and oxygen atoms in total. The molecule has 0 spiro atoms. The summed E-state index contributed by atoms with van der Waals surface area (Å²) < 4.78 is 15.5. The highest BCUT2D eigenvalue weighted by molar-refractivity contribution is 5.76. The average Bonchev–Trinajstić information content (AvgIpc) is 2.67. The van der Waals surface area contributed by atoms with Gasteiger partial charge in [0.1, 0.15) is 11.6 Å². The van der Waals surface area contributed by atoms with Crippen molar-refractivity contribution in [3.63, 3.8) is 0 Å². The topological polar surface area (TPSA) is 43.8 Å². The number of nitrogens with zero attached hydrogens (tertiary/aromatic N) is 2. The summed E-state index contributed by atoms with van der Waals surface area (Å²) in [6.45, 7) is 7.21. The molecule has 0 amide bonds. The minimum Gasteiger partial charge on any atom is -0.327 e. The molecule has 2 N–H and O–H groups in total. The zero-order valence-electron chi connectivity index (χ0n) is 11.9. The summed E-state index contributed by atoms with van der Waals surface area (Å²) >= 11 is 0. The smallest absolute Gasteiger partial charge is 0.126 e. The number of rotatable bonds is 5. The Labute approximate surface area is 113 Å². The number of aryl methyl sites for hydroxylation is 1. The van der Waals surface area contributed by atoms with Gasteiger partial charge in [-0.3, -0.25) is 0 Å². The number of imidazole rings is 1. The molecule has 1 aromatic carbocycles. The number of nitrogens with two attached hydrogens (primary N) is 1. The van der Waals surface area contributed by atoms with Crippen LogP contribution in [0.25, 0.3) is 11.0 Å². The molecule has 1 heterocycles. The molecule has 1 unspecified atom stereocenters. The van der Waals surface area contributed by atoms with Gasteiger partial charge in [0.25, 0.3) is 0 Å². The second-order valence-electron chi connectivity index (χ2n) is 5.49. The molecule has 104 valence electrons. The number of hydrogen-bond acceptors (Lipinski definition) is 2. The minimum atomic E-state index is -0.228. The molecule has 0 radical (unpaired) electrons. The second kappa shape index (κ2) is 5.70. The van der Waals surface area contributed by atoms with E-state index in [-0.39, 0.29) is 11.9 Å². The first-order valence-corrected chi connectivity index (χ1v) is 6.94. The highest BCUT2D eigenvalue weighted by atomic mass is 19.1. The van der Waals surface area contributed by atoms with Crippen LogP contribution in [-0.4, -0.2) is 9.55 Å². The first kappa shape index (κ1) is 14.0. The predicted octanol–water partition coefficient (Wildman–Crippen LogP) is 3.63. The molecule has 4 heteroatoms. The minimum absolute atomic E-state index is 0.0954. The van der Waals surface area contributed by atoms with Crippen LogP contribution in [0.5, 0.6) is 0 Å². The highest BCUT2D eigenvalue weighted by Gasteiger charge is 2.18. The zero-order valence-corrected chi connectivity index (χ0v) is 11.9. The Morgan fingerprint density at radius 2 is 2.11 bits per heavy atom. The summed E-state index contributed by atoms with van der Waals surface area (Å²) in [5.41, 5.74) is 7.92. The van der Waals surface area contributed by atoms with Gasteiger partial charge in [0.15, 0.2) is 0 Å². The van der Waals surface area contributed by atoms with E-state index in [9.17, 15) is 4.39 Å². The molecule has 19 heavy (non-hydrogen) atoms. The fourth-order valence-electron chi connectivity index (χ4n) is 2.47. The van der Waals surface area contributed by atoms with Crippen LogP contribution in [0.4, 0.5) is 4.39 Å². The fraction of sp³-hybridized carbons (Fsp3) is 0.533. The maximum absolute atomic E-state index is 13.4. The van der Waals surface area contributed by atoms with Crippen LogP contribution >= 0.6 is 0 Å². The molecule has 2 aromatic rings. The Kier molecular flexibility index (Phi) is 4.20. The SMILES string of the molecule is CCCn1c(C(N)CC(C)C)nc2ccc(F)cc21. The Morgan fingerprint density at radius 3 is 2.74 bits per heavy atom. The standard InChI is InChI=1S/C15H22FN3/c1-4-7-19-14-9-11(16)5-6-13(14)18-15(19)12(17)8-10(2)3/h5-6,9-10,12H,4,7-8,17H2,1-3H3. The van der Waals surface area contributed by atoms with Crippen LogP contribution < -0.4 is 5.73 Å². The van der Waals surface area contributed by atoms with Crippen molar-refractivity contribution in [3.8, 4) is 0 Å². The molecule has 0 saturated carbocycles. The zero-order chi connectivity index (χ0) is 14.0. The molecular formula is C15H22FN3. The Bertz CT molecular complexity index is 560. The Hall–Kier alpha value is -1.42. The van der Waals surface area contributed by atoms with Gasteiger partial charge < -0.3 is 10.3 Å². The van der Waals surface area contributed by atoms with E-state index in [2.05, 4.69) is 30.3 Å². The Balaban J connectivity index is 2.49. The quantitative estimate of drug-likeness (QED) is 0.895. The van der Waals surface area contributed by atoms with Crippen molar-refractivity contribution in [2.45, 2.75) is 46.2 Å². The largest absolute Gasteiger partial charge is 0.327 e. The van der Waals surface area contributed by atoms with E-state index in [0.29, 0.717) is 5.92 Å². The van der Waals surface area contributed by atoms with Gasteiger partial charge >= 0.3 is 0 Å². The molecule has 2 rings (SSSR count). The van der Waals surface area contributed by atoms with Gasteiger partial charge in [-0.1, -0.05) is 20.8 Å². The number of hydrogen-bond donors (Lipinski definition) is 1. The second-order valence-corrected chi connectivity index (χ2v) is 5.49. The van der Waals surface area contributed by atoms with E-state index >= 15 is 0 Å². The maximum atomic E-state index is 13.4. The lowest BCUT2D eigenvalue weighted by molar-refractivity contribution is 0.475. The molecule has 0 aliphatic carbocycles. The van der Waals surface area contributed by atoms with E-state index in [4.69, 9.17) is 5.73 Å². The summed E-state index contributed by atoms with van der Waals surface area (Å²) in [5.74, 6) is 1.16. The van der Waals surface area contributed by atoms with Gasteiger partial charge in [0, 0.05) is 6.54 Å². The van der Waals surface area contributed by atoms with E-state index in [1.165, 1.54) is 6.07 Å². The van der Waals surface area contributed by atoms with Gasteiger partial charge in [0.05, 0.1) is 17.1 Å². The van der Waals surface area contributed by atoms with E-state index in [1.807, 2.05) is 0 Å². The molecular weight excluding hydrogens is 241 g/mol. The molecule has 0 aliphatic rings. The first-order chi connectivity index (χ1) is 9.02. The van der Waals surface area contributed by atoms with E-state index in [1.54, 1.807) is 12.1 Å². The Morgan fingerprint density at radius 1 is 1.37 bits per heavy atom. The summed E-state index contributed by atoms with van der Waals surface area (Å²) in [5, 5.41) is 0. The first-order valence-electron chi connectivity index (χ1n) is 6.94. The number of fused-ring (bicyclic) bond motifs is 1. The molecule has 1 atom stereocenters. The predicted molar refractivity (Wildman–Crippen MR) is 76.4 cm³/mol. The lowest BCUT2D eigenvalue weighted by Crippen LogP contribution is -2.18. The number of benzene rings is 1. The van der Waals surface area contributed by atoms with Gasteiger partial charge in [0.2, 0.25) is 0 Å². The lowest BCUT2D eigenvalue weighted by Gasteiger charge is -2.16. The van der Waals surface area contributed by atoms with Gasteiger partial charge in [-0.25, -0.2) is 9.37 Å². The molecule has 0 saturated heterocycles. The summed E-state index contributed by atoms with van der Waals surface area (Å²) in [4.78, 5) is 4.60. The monoisotopic (exact) mass is 263 g/mol. The summed E-state index contributed by atoms with van der Waals surface area (Å²) in [6.07, 6.45) is 1.86. The van der Waals surface area contributed by atoms with Gasteiger partial charge in [-0.15, -0.1) is 0 Å². The molecule has 1 aromatic heterocycles. The third-order valence-electron chi connectivity index (χ3n) is 3.24. The normalized spacial score (nSPS) is 13.4. The van der Waals surface area contributed by atoms with Crippen LogP contribution in [0, 0.1) is 11.7 Å². The lowest BCUT2D eigenvalue weighted by atomic mass is 10.0. The van der Waals surface area contributed by atoms with Crippen LogP contribution in [0.3, 0.4) is 0 Å². The maximum Gasteiger partial charge on any atom is 0.126 e. The van der Waals surface area contributed by atoms with Crippen molar-refractivity contribution in [2.75, 3.05) is 0 Å². The average molecular weight is 263 g/mol. The van der Waals surface area contributed by atoms with Gasteiger partial charge in [-0.2, -0.15) is 0 Å². The summed E-state index contributed by atoms with van der Waals surface area (Å²) in [7, 11) is 0. The molecule has 0 fully saturated rings. The van der Waals surface area contributed by atoms with Crippen LogP contribution in [-0.2, 0) is 6.54 Å². The third-order valence-corrected chi connectivity index (χ3v) is 3.24.